The molecule has 21 heavy (non-hydrogen) atoms. The molecule has 0 radical (unpaired) electrons. The van der Waals surface area contributed by atoms with Gasteiger partial charge in [-0.3, -0.25) is 4.68 Å². The zero-order chi connectivity index (χ0) is 14.5. The van der Waals surface area contributed by atoms with Crippen molar-refractivity contribution in [3.63, 3.8) is 0 Å². The van der Waals surface area contributed by atoms with Crippen molar-refractivity contribution in [1.29, 1.82) is 0 Å². The summed E-state index contributed by atoms with van der Waals surface area (Å²) in [5.74, 6) is 0. The van der Waals surface area contributed by atoms with Gasteiger partial charge in [-0.1, -0.05) is 25.7 Å². The third-order valence-corrected chi connectivity index (χ3v) is 5.26. The van der Waals surface area contributed by atoms with Crippen LogP contribution in [0.4, 0.5) is 0 Å². The summed E-state index contributed by atoms with van der Waals surface area (Å²) < 4.78 is 2.19. The molecule has 2 saturated carbocycles. The maximum absolute atomic E-state index is 4.73. The maximum Gasteiger partial charge on any atom is 0.0762 e. The molecular formula is C17H30N4. The van der Waals surface area contributed by atoms with Crippen LogP contribution in [-0.4, -0.2) is 40.9 Å². The molecule has 0 unspecified atom stereocenters. The van der Waals surface area contributed by atoms with Gasteiger partial charge in [-0.15, -0.1) is 0 Å². The number of nitrogens with zero attached hydrogens (tertiary/aromatic N) is 3. The quantitative estimate of drug-likeness (QED) is 0.784. The van der Waals surface area contributed by atoms with Crippen LogP contribution in [0.1, 0.15) is 63.1 Å². The van der Waals surface area contributed by atoms with Gasteiger partial charge in [0.2, 0.25) is 0 Å². The standard InChI is InChI=1S/C17H30N4/c1-20(16-6-2-3-7-16)13-11-18-14-15-10-12-21(19-15)17-8-4-5-9-17/h10,12,16-18H,2-9,11,13-14H2,1H3. The van der Waals surface area contributed by atoms with Gasteiger partial charge in [-0.05, 0) is 38.8 Å². The van der Waals surface area contributed by atoms with Crippen LogP contribution in [0.25, 0.3) is 0 Å². The summed E-state index contributed by atoms with van der Waals surface area (Å²) in [6.07, 6.45) is 13.1. The van der Waals surface area contributed by atoms with Crippen LogP contribution in [0.5, 0.6) is 0 Å². The van der Waals surface area contributed by atoms with Crippen molar-refractivity contribution in [2.24, 2.45) is 0 Å². The topological polar surface area (TPSA) is 33.1 Å². The third kappa shape index (κ3) is 4.07. The number of hydrogen-bond donors (Lipinski definition) is 1. The Morgan fingerprint density at radius 1 is 1.19 bits per heavy atom. The van der Waals surface area contributed by atoms with Crippen molar-refractivity contribution in [2.45, 2.75) is 70.0 Å². The predicted octanol–water partition coefficient (Wildman–Crippen LogP) is 2.96. The largest absolute Gasteiger partial charge is 0.310 e. The number of aromatic nitrogens is 2. The minimum absolute atomic E-state index is 0.659. The molecule has 0 amide bonds. The van der Waals surface area contributed by atoms with E-state index in [0.29, 0.717) is 6.04 Å². The second-order valence-electron chi connectivity index (χ2n) is 6.82. The second kappa shape index (κ2) is 7.41. The van der Waals surface area contributed by atoms with Crippen LogP contribution >= 0.6 is 0 Å². The van der Waals surface area contributed by atoms with Crippen molar-refractivity contribution in [3.05, 3.63) is 18.0 Å². The van der Waals surface area contributed by atoms with E-state index in [4.69, 9.17) is 5.10 Å². The average molecular weight is 290 g/mol. The van der Waals surface area contributed by atoms with E-state index in [2.05, 4.69) is 34.2 Å². The molecule has 0 saturated heterocycles. The number of likely N-dealkylation sites (N-methyl/N-ethyl adjacent to an activating group) is 1. The second-order valence-corrected chi connectivity index (χ2v) is 6.82. The molecule has 0 aliphatic heterocycles. The van der Waals surface area contributed by atoms with Crippen LogP contribution in [0, 0.1) is 0 Å². The average Bonchev–Trinajstić information content (AvgIpc) is 3.25. The molecule has 0 aromatic carbocycles. The minimum Gasteiger partial charge on any atom is -0.310 e. The van der Waals surface area contributed by atoms with E-state index in [1.165, 1.54) is 57.1 Å². The first kappa shape index (κ1) is 15.0. The van der Waals surface area contributed by atoms with Crippen LogP contribution in [-0.2, 0) is 6.54 Å². The monoisotopic (exact) mass is 290 g/mol. The summed E-state index contributed by atoms with van der Waals surface area (Å²) in [7, 11) is 2.27. The molecule has 4 heteroatoms. The van der Waals surface area contributed by atoms with Crippen LogP contribution in [0.15, 0.2) is 12.3 Å². The van der Waals surface area contributed by atoms with Crippen molar-refractivity contribution in [2.75, 3.05) is 20.1 Å². The minimum atomic E-state index is 0.659. The summed E-state index contributed by atoms with van der Waals surface area (Å²) >= 11 is 0. The van der Waals surface area contributed by atoms with Gasteiger partial charge >= 0.3 is 0 Å². The van der Waals surface area contributed by atoms with Crippen LogP contribution in [0.3, 0.4) is 0 Å². The van der Waals surface area contributed by atoms with Crippen molar-refractivity contribution in [1.82, 2.24) is 20.0 Å². The fourth-order valence-electron chi connectivity index (χ4n) is 3.84. The lowest BCUT2D eigenvalue weighted by atomic mass is 10.2. The molecule has 2 aliphatic rings. The number of hydrogen-bond acceptors (Lipinski definition) is 3. The smallest absolute Gasteiger partial charge is 0.0762 e. The van der Waals surface area contributed by atoms with Gasteiger partial charge in [0.15, 0.2) is 0 Å². The Labute approximate surface area is 128 Å². The Kier molecular flexibility index (Phi) is 5.31. The van der Waals surface area contributed by atoms with Gasteiger partial charge in [0.25, 0.3) is 0 Å². The van der Waals surface area contributed by atoms with E-state index in [9.17, 15) is 0 Å². The van der Waals surface area contributed by atoms with Gasteiger partial charge < -0.3 is 10.2 Å². The summed E-state index contributed by atoms with van der Waals surface area (Å²) in [6, 6.07) is 3.66. The maximum atomic E-state index is 4.73. The first-order valence-electron chi connectivity index (χ1n) is 8.78. The van der Waals surface area contributed by atoms with Crippen LogP contribution in [0.2, 0.25) is 0 Å². The Morgan fingerprint density at radius 2 is 1.90 bits per heavy atom. The van der Waals surface area contributed by atoms with Gasteiger partial charge in [-0.2, -0.15) is 5.10 Å². The fraction of sp³-hybridized carbons (Fsp3) is 0.824. The van der Waals surface area contributed by atoms with E-state index in [-0.39, 0.29) is 0 Å². The van der Waals surface area contributed by atoms with E-state index in [0.717, 1.165) is 25.7 Å². The lowest BCUT2D eigenvalue weighted by Crippen LogP contribution is -2.35. The van der Waals surface area contributed by atoms with Gasteiger partial charge in [0.05, 0.1) is 11.7 Å². The Hall–Kier alpha value is -0.870. The summed E-state index contributed by atoms with van der Waals surface area (Å²) in [5, 5.41) is 8.27. The first-order chi connectivity index (χ1) is 10.3. The summed E-state index contributed by atoms with van der Waals surface area (Å²) in [6.45, 7) is 3.11. The summed E-state index contributed by atoms with van der Waals surface area (Å²) in [4.78, 5) is 2.52. The van der Waals surface area contributed by atoms with E-state index >= 15 is 0 Å². The van der Waals surface area contributed by atoms with E-state index in [1.807, 2.05) is 0 Å². The molecule has 2 aliphatic carbocycles. The number of nitrogens with one attached hydrogen (secondary N) is 1. The molecule has 4 nitrogen and oxygen atoms in total. The zero-order valence-corrected chi connectivity index (χ0v) is 13.4. The molecule has 118 valence electrons. The van der Waals surface area contributed by atoms with E-state index < -0.39 is 0 Å². The highest BCUT2D eigenvalue weighted by molar-refractivity contribution is 4.99. The van der Waals surface area contributed by atoms with Crippen molar-refractivity contribution in [3.8, 4) is 0 Å². The highest BCUT2D eigenvalue weighted by Gasteiger charge is 2.19. The predicted molar refractivity (Wildman–Crippen MR) is 86.3 cm³/mol. The molecule has 0 spiro atoms. The first-order valence-corrected chi connectivity index (χ1v) is 8.78. The zero-order valence-electron chi connectivity index (χ0n) is 13.4. The van der Waals surface area contributed by atoms with Crippen LogP contribution < -0.4 is 5.32 Å². The molecule has 1 aromatic rings. The van der Waals surface area contributed by atoms with Gasteiger partial charge in [0.1, 0.15) is 0 Å². The fourth-order valence-corrected chi connectivity index (χ4v) is 3.84. The van der Waals surface area contributed by atoms with Gasteiger partial charge in [0, 0.05) is 31.9 Å². The van der Waals surface area contributed by atoms with E-state index in [1.54, 1.807) is 0 Å². The molecule has 3 rings (SSSR count). The highest BCUT2D eigenvalue weighted by Crippen LogP contribution is 2.28. The lowest BCUT2D eigenvalue weighted by Gasteiger charge is -2.23. The molecule has 0 atom stereocenters. The molecule has 2 fully saturated rings. The van der Waals surface area contributed by atoms with Crippen molar-refractivity contribution >= 4 is 0 Å². The third-order valence-electron chi connectivity index (χ3n) is 5.26. The molecular weight excluding hydrogens is 260 g/mol. The van der Waals surface area contributed by atoms with Crippen molar-refractivity contribution < 1.29 is 0 Å². The Morgan fingerprint density at radius 3 is 2.67 bits per heavy atom. The van der Waals surface area contributed by atoms with Gasteiger partial charge in [-0.25, -0.2) is 0 Å². The molecule has 1 heterocycles. The summed E-state index contributed by atoms with van der Waals surface area (Å²) in [5.41, 5.74) is 1.19. The Bertz CT molecular complexity index is 416. The molecule has 0 bridgehead atoms. The SMILES string of the molecule is CN(CCNCc1ccn(C2CCCC2)n1)C1CCCC1. The normalized spacial score (nSPS) is 20.9. The highest BCUT2D eigenvalue weighted by atomic mass is 15.3. The number of rotatable bonds is 7. The molecule has 1 aromatic heterocycles. The Balaban J connectivity index is 1.35. The molecule has 1 N–H and O–H groups in total. The lowest BCUT2D eigenvalue weighted by molar-refractivity contribution is 0.245.